The summed E-state index contributed by atoms with van der Waals surface area (Å²) in [6, 6.07) is 21.8. The number of anilines is 1. The Labute approximate surface area is 221 Å². The molecule has 1 saturated heterocycles. The van der Waals surface area contributed by atoms with Gasteiger partial charge in [0.05, 0.1) is 33.9 Å². The molecule has 6 rings (SSSR count). The molecule has 0 saturated carbocycles. The molecule has 0 bridgehead atoms. The zero-order chi connectivity index (χ0) is 27.1. The van der Waals surface area contributed by atoms with Crippen LogP contribution in [0.3, 0.4) is 0 Å². The summed E-state index contributed by atoms with van der Waals surface area (Å²) < 4.78 is 44.2. The van der Waals surface area contributed by atoms with Gasteiger partial charge in [0.1, 0.15) is 0 Å². The van der Waals surface area contributed by atoms with Gasteiger partial charge >= 0.3 is 6.18 Å². The lowest BCUT2D eigenvalue weighted by Gasteiger charge is -2.32. The molecule has 0 amide bonds. The molecule has 0 atom stereocenters. The molecular formula is C30H22F3N5O. The molecule has 6 nitrogen and oxygen atoms in total. The van der Waals surface area contributed by atoms with Gasteiger partial charge in [-0.15, -0.1) is 0 Å². The van der Waals surface area contributed by atoms with Gasteiger partial charge < -0.3 is 10.2 Å². The third-order valence-corrected chi connectivity index (χ3v) is 7.07. The molecule has 1 aliphatic rings. The van der Waals surface area contributed by atoms with E-state index in [1.54, 1.807) is 35.4 Å². The number of alkyl halides is 3. The van der Waals surface area contributed by atoms with Crippen LogP contribution < -0.4 is 15.8 Å². The van der Waals surface area contributed by atoms with E-state index in [4.69, 9.17) is 5.26 Å². The summed E-state index contributed by atoms with van der Waals surface area (Å²) in [6.45, 7) is 2.13. The maximum absolute atomic E-state index is 14.3. The number of nitrogens with zero attached hydrogens (tertiary/aromatic N) is 4. The average Bonchev–Trinajstić information content (AvgIpc) is 2.96. The molecule has 39 heavy (non-hydrogen) atoms. The summed E-state index contributed by atoms with van der Waals surface area (Å²) in [7, 11) is 0. The van der Waals surface area contributed by atoms with E-state index in [9.17, 15) is 18.0 Å². The Bertz CT molecular complexity index is 1810. The Morgan fingerprint density at radius 1 is 0.897 bits per heavy atom. The van der Waals surface area contributed by atoms with E-state index in [2.05, 4.69) is 16.4 Å². The van der Waals surface area contributed by atoms with E-state index in [0.717, 1.165) is 17.2 Å². The first-order chi connectivity index (χ1) is 18.8. The maximum atomic E-state index is 14.3. The minimum atomic E-state index is -4.60. The summed E-state index contributed by atoms with van der Waals surface area (Å²) >= 11 is 0. The van der Waals surface area contributed by atoms with Crippen LogP contribution in [0.4, 0.5) is 18.9 Å². The van der Waals surface area contributed by atoms with Crippen molar-refractivity contribution in [3.8, 4) is 22.9 Å². The SMILES string of the molecule is N#Cc1ccc(-c2ccc3ncc4ccc(=O)n(-c5ccc(N6CCNCC6)c(C(F)(F)F)c5)c4c3c2)cc1. The molecule has 0 unspecified atom stereocenters. The van der Waals surface area contributed by atoms with Crippen LogP contribution in [0, 0.1) is 11.3 Å². The number of nitrogens with one attached hydrogen (secondary N) is 1. The highest BCUT2D eigenvalue weighted by Crippen LogP contribution is 2.39. The number of halogens is 3. The molecule has 3 heterocycles. The van der Waals surface area contributed by atoms with Crippen LogP contribution in [-0.4, -0.2) is 35.7 Å². The van der Waals surface area contributed by atoms with Crippen molar-refractivity contribution in [3.05, 3.63) is 100 Å². The van der Waals surface area contributed by atoms with Crippen molar-refractivity contribution in [2.45, 2.75) is 6.18 Å². The van der Waals surface area contributed by atoms with E-state index in [-0.39, 0.29) is 11.4 Å². The van der Waals surface area contributed by atoms with Crippen molar-refractivity contribution < 1.29 is 13.2 Å². The number of hydrogen-bond acceptors (Lipinski definition) is 5. The summed E-state index contributed by atoms with van der Waals surface area (Å²) in [6.07, 6.45) is -2.98. The zero-order valence-electron chi connectivity index (χ0n) is 20.7. The number of aromatic nitrogens is 2. The Hall–Kier alpha value is -4.68. The van der Waals surface area contributed by atoms with Crippen LogP contribution in [0.2, 0.25) is 0 Å². The maximum Gasteiger partial charge on any atom is 0.418 e. The van der Waals surface area contributed by atoms with Gasteiger partial charge in [0.2, 0.25) is 0 Å². The van der Waals surface area contributed by atoms with Crippen molar-refractivity contribution in [1.29, 1.82) is 5.26 Å². The molecule has 1 N–H and O–H groups in total. The molecule has 0 aliphatic carbocycles. The number of rotatable bonds is 3. The van der Waals surface area contributed by atoms with Crippen molar-refractivity contribution in [3.63, 3.8) is 0 Å². The lowest BCUT2D eigenvalue weighted by molar-refractivity contribution is -0.137. The van der Waals surface area contributed by atoms with Crippen LogP contribution >= 0.6 is 0 Å². The van der Waals surface area contributed by atoms with Gasteiger partial charge in [-0.3, -0.25) is 14.3 Å². The molecule has 1 aliphatic heterocycles. The van der Waals surface area contributed by atoms with E-state index in [1.807, 2.05) is 30.3 Å². The molecule has 9 heteroatoms. The summed E-state index contributed by atoms with van der Waals surface area (Å²) in [5.74, 6) is 0. The van der Waals surface area contributed by atoms with Gasteiger partial charge in [0.25, 0.3) is 5.56 Å². The third-order valence-electron chi connectivity index (χ3n) is 7.07. The molecule has 5 aromatic rings. The first-order valence-corrected chi connectivity index (χ1v) is 12.5. The predicted molar refractivity (Wildman–Crippen MR) is 145 cm³/mol. The highest BCUT2D eigenvalue weighted by Gasteiger charge is 2.36. The largest absolute Gasteiger partial charge is 0.418 e. The topological polar surface area (TPSA) is 74.0 Å². The Morgan fingerprint density at radius 3 is 2.36 bits per heavy atom. The quantitative estimate of drug-likeness (QED) is 0.315. The second kappa shape index (κ2) is 9.57. The fourth-order valence-electron chi connectivity index (χ4n) is 5.16. The number of nitriles is 1. The molecule has 0 radical (unpaired) electrons. The molecule has 2 aromatic heterocycles. The second-order valence-electron chi connectivity index (χ2n) is 9.43. The molecule has 0 spiro atoms. The lowest BCUT2D eigenvalue weighted by Crippen LogP contribution is -2.44. The van der Waals surface area contributed by atoms with Gasteiger partial charge in [-0.1, -0.05) is 18.2 Å². The molecule has 1 fully saturated rings. The van der Waals surface area contributed by atoms with E-state index in [0.29, 0.717) is 53.5 Å². The fraction of sp³-hybridized carbons (Fsp3) is 0.167. The van der Waals surface area contributed by atoms with Gasteiger partial charge in [0.15, 0.2) is 0 Å². The molecule has 194 valence electrons. The Balaban J connectivity index is 1.58. The normalized spacial score (nSPS) is 14.1. The highest BCUT2D eigenvalue weighted by atomic mass is 19.4. The van der Waals surface area contributed by atoms with Crippen LogP contribution in [0.25, 0.3) is 38.6 Å². The zero-order valence-corrected chi connectivity index (χ0v) is 20.7. The summed E-state index contributed by atoms with van der Waals surface area (Å²) in [5, 5.41) is 13.5. The number of benzene rings is 3. The standard InChI is InChI=1S/C30H22F3N5O/c31-30(32,33)25-16-23(7-9-27(25)37-13-11-35-12-14-37)38-28(39)10-6-22-18-36-26-8-5-21(15-24(26)29(22)38)20-3-1-19(17-34)2-4-20/h1-10,15-16,18,35H,11-14H2. The minimum absolute atomic E-state index is 0.107. The summed E-state index contributed by atoms with van der Waals surface area (Å²) in [4.78, 5) is 19.5. The summed E-state index contributed by atoms with van der Waals surface area (Å²) in [5.41, 5.74) is 2.32. The molecular weight excluding hydrogens is 503 g/mol. The second-order valence-corrected chi connectivity index (χ2v) is 9.43. The van der Waals surface area contributed by atoms with E-state index < -0.39 is 17.3 Å². The van der Waals surface area contributed by atoms with E-state index in [1.165, 1.54) is 16.7 Å². The minimum Gasteiger partial charge on any atom is -0.368 e. The van der Waals surface area contributed by atoms with Crippen molar-refractivity contribution in [2.24, 2.45) is 0 Å². The Kier molecular flexibility index (Phi) is 6.04. The average molecular weight is 526 g/mol. The highest BCUT2D eigenvalue weighted by molar-refractivity contribution is 6.05. The first-order valence-electron chi connectivity index (χ1n) is 12.5. The smallest absolute Gasteiger partial charge is 0.368 e. The number of piperazine rings is 1. The number of hydrogen-bond donors (Lipinski definition) is 1. The number of pyridine rings is 2. The third kappa shape index (κ3) is 4.49. The van der Waals surface area contributed by atoms with Crippen molar-refractivity contribution in [2.75, 3.05) is 31.1 Å². The van der Waals surface area contributed by atoms with Gasteiger partial charge in [-0.05, 0) is 59.7 Å². The van der Waals surface area contributed by atoms with Crippen LogP contribution in [0.5, 0.6) is 0 Å². The van der Waals surface area contributed by atoms with E-state index >= 15 is 0 Å². The van der Waals surface area contributed by atoms with Gasteiger partial charge in [0, 0.05) is 54.9 Å². The van der Waals surface area contributed by atoms with Gasteiger partial charge in [-0.2, -0.15) is 18.4 Å². The molecule has 3 aromatic carbocycles. The number of fused-ring (bicyclic) bond motifs is 3. The first kappa shape index (κ1) is 24.6. The predicted octanol–water partition coefficient (Wildman–Crippen LogP) is 5.51. The fourth-order valence-corrected chi connectivity index (χ4v) is 5.16. The van der Waals surface area contributed by atoms with Crippen LogP contribution in [0.1, 0.15) is 11.1 Å². The van der Waals surface area contributed by atoms with Gasteiger partial charge in [-0.25, -0.2) is 0 Å². The van der Waals surface area contributed by atoms with Crippen LogP contribution in [-0.2, 0) is 6.18 Å². The van der Waals surface area contributed by atoms with Crippen LogP contribution in [0.15, 0.2) is 83.8 Å². The van der Waals surface area contributed by atoms with Crippen molar-refractivity contribution in [1.82, 2.24) is 14.9 Å². The Morgan fingerprint density at radius 2 is 1.64 bits per heavy atom. The van der Waals surface area contributed by atoms with Crippen molar-refractivity contribution >= 4 is 27.5 Å². The monoisotopic (exact) mass is 525 g/mol. The lowest BCUT2D eigenvalue weighted by atomic mass is 10.0.